The number of phenolic OH excluding ortho intramolecular Hbond substituents is 1. The zero-order chi connectivity index (χ0) is 14.8. The van der Waals surface area contributed by atoms with Gasteiger partial charge in [0.15, 0.2) is 0 Å². The Balaban J connectivity index is 2.29. The predicted octanol–water partition coefficient (Wildman–Crippen LogP) is 4.58. The van der Waals surface area contributed by atoms with Crippen molar-refractivity contribution in [2.45, 2.75) is 19.1 Å². The van der Waals surface area contributed by atoms with E-state index in [1.807, 2.05) is 0 Å². The molecule has 0 amide bonds. The summed E-state index contributed by atoms with van der Waals surface area (Å²) >= 11 is 0. The summed E-state index contributed by atoms with van der Waals surface area (Å²) in [5.74, 6) is 0.0528. The first kappa shape index (κ1) is 14.2. The quantitative estimate of drug-likeness (QED) is 0.862. The Morgan fingerprint density at radius 3 is 2.25 bits per heavy atom. The Morgan fingerprint density at radius 2 is 1.60 bits per heavy atom. The summed E-state index contributed by atoms with van der Waals surface area (Å²) in [5, 5.41) is 12.5. The van der Waals surface area contributed by atoms with Crippen molar-refractivity contribution in [3.8, 4) is 5.75 Å². The number of benzene rings is 2. The molecule has 0 saturated carbocycles. The lowest BCUT2D eigenvalue weighted by Gasteiger charge is -2.20. The molecule has 2 rings (SSSR count). The standard InChI is InChI=1S/C15H14F3NO/c1-10(11-6-2-5-9-14(11)20)19-13-8-4-3-7-12(13)15(16,17)18/h2-10,19-20H,1H3. The first-order valence-corrected chi connectivity index (χ1v) is 6.10. The Bertz CT molecular complexity index is 596. The lowest BCUT2D eigenvalue weighted by Crippen LogP contribution is -2.13. The molecule has 2 aromatic rings. The summed E-state index contributed by atoms with van der Waals surface area (Å²) in [7, 11) is 0. The van der Waals surface area contributed by atoms with E-state index in [2.05, 4.69) is 5.32 Å². The van der Waals surface area contributed by atoms with Gasteiger partial charge >= 0.3 is 6.18 Å². The fourth-order valence-electron chi connectivity index (χ4n) is 2.02. The number of halogens is 3. The highest BCUT2D eigenvalue weighted by atomic mass is 19.4. The van der Waals surface area contributed by atoms with Crippen LogP contribution < -0.4 is 5.32 Å². The molecule has 0 saturated heterocycles. The van der Waals surface area contributed by atoms with Gasteiger partial charge in [0.1, 0.15) is 5.75 Å². The van der Waals surface area contributed by atoms with E-state index < -0.39 is 17.8 Å². The summed E-state index contributed by atoms with van der Waals surface area (Å²) in [6.45, 7) is 1.70. The molecule has 5 heteroatoms. The van der Waals surface area contributed by atoms with Crippen molar-refractivity contribution in [2.75, 3.05) is 5.32 Å². The van der Waals surface area contributed by atoms with Gasteiger partial charge in [-0.3, -0.25) is 0 Å². The number of para-hydroxylation sites is 2. The van der Waals surface area contributed by atoms with E-state index in [0.29, 0.717) is 5.56 Å². The van der Waals surface area contributed by atoms with Gasteiger partial charge in [-0.15, -0.1) is 0 Å². The van der Waals surface area contributed by atoms with Gasteiger partial charge in [-0.25, -0.2) is 0 Å². The average Bonchev–Trinajstić information content (AvgIpc) is 2.38. The molecule has 0 bridgehead atoms. The third-order valence-corrected chi connectivity index (χ3v) is 3.01. The minimum Gasteiger partial charge on any atom is -0.508 e. The molecule has 0 aliphatic rings. The number of hydrogen-bond donors (Lipinski definition) is 2. The zero-order valence-corrected chi connectivity index (χ0v) is 10.8. The van der Waals surface area contributed by atoms with Crippen LogP contribution >= 0.6 is 0 Å². The van der Waals surface area contributed by atoms with E-state index in [1.165, 1.54) is 24.3 Å². The Kier molecular flexibility index (Phi) is 3.88. The van der Waals surface area contributed by atoms with Gasteiger partial charge in [-0.05, 0) is 25.1 Å². The summed E-state index contributed by atoms with van der Waals surface area (Å²) in [5.41, 5.74) is -0.178. The molecule has 0 radical (unpaired) electrons. The molecule has 2 nitrogen and oxygen atoms in total. The van der Waals surface area contributed by atoms with Crippen LogP contribution in [0.2, 0.25) is 0 Å². The molecule has 0 fully saturated rings. The number of hydrogen-bond acceptors (Lipinski definition) is 2. The van der Waals surface area contributed by atoms with E-state index in [-0.39, 0.29) is 11.4 Å². The largest absolute Gasteiger partial charge is 0.508 e. The summed E-state index contributed by atoms with van der Waals surface area (Å²) in [6.07, 6.45) is -4.41. The summed E-state index contributed by atoms with van der Waals surface area (Å²) in [6, 6.07) is 11.4. The van der Waals surface area contributed by atoms with Crippen LogP contribution in [0.25, 0.3) is 0 Å². The van der Waals surface area contributed by atoms with Crippen molar-refractivity contribution in [3.05, 3.63) is 59.7 Å². The molecule has 1 unspecified atom stereocenters. The lowest BCUT2D eigenvalue weighted by molar-refractivity contribution is -0.137. The number of phenols is 1. The van der Waals surface area contributed by atoms with Crippen LogP contribution in [0.15, 0.2) is 48.5 Å². The number of rotatable bonds is 3. The predicted molar refractivity (Wildman–Crippen MR) is 71.6 cm³/mol. The number of aromatic hydroxyl groups is 1. The third-order valence-electron chi connectivity index (χ3n) is 3.01. The third kappa shape index (κ3) is 3.04. The maximum Gasteiger partial charge on any atom is 0.418 e. The van der Waals surface area contributed by atoms with Crippen LogP contribution in [-0.4, -0.2) is 5.11 Å². The highest BCUT2D eigenvalue weighted by Gasteiger charge is 2.33. The highest BCUT2D eigenvalue weighted by Crippen LogP contribution is 2.36. The molecule has 0 aliphatic heterocycles. The smallest absolute Gasteiger partial charge is 0.418 e. The molecular formula is C15H14F3NO. The maximum absolute atomic E-state index is 12.9. The van der Waals surface area contributed by atoms with Crippen LogP contribution in [-0.2, 0) is 6.18 Å². The second-order valence-corrected chi connectivity index (χ2v) is 4.47. The lowest BCUT2D eigenvalue weighted by atomic mass is 10.1. The van der Waals surface area contributed by atoms with Gasteiger partial charge in [-0.1, -0.05) is 30.3 Å². The first-order valence-electron chi connectivity index (χ1n) is 6.10. The van der Waals surface area contributed by atoms with Gasteiger partial charge < -0.3 is 10.4 Å². The maximum atomic E-state index is 12.9. The van der Waals surface area contributed by atoms with Gasteiger partial charge in [0.05, 0.1) is 11.6 Å². The molecule has 2 N–H and O–H groups in total. The van der Waals surface area contributed by atoms with Crippen molar-refractivity contribution in [3.63, 3.8) is 0 Å². The van der Waals surface area contributed by atoms with Crippen LogP contribution in [0.1, 0.15) is 24.1 Å². The zero-order valence-electron chi connectivity index (χ0n) is 10.8. The molecule has 0 heterocycles. The van der Waals surface area contributed by atoms with Crippen molar-refractivity contribution >= 4 is 5.69 Å². The highest BCUT2D eigenvalue weighted by molar-refractivity contribution is 5.54. The summed E-state index contributed by atoms with van der Waals surface area (Å²) < 4.78 is 38.7. The number of anilines is 1. The molecule has 0 aromatic heterocycles. The Morgan fingerprint density at radius 1 is 1.00 bits per heavy atom. The summed E-state index contributed by atoms with van der Waals surface area (Å²) in [4.78, 5) is 0. The van der Waals surface area contributed by atoms with Crippen LogP contribution in [0.5, 0.6) is 5.75 Å². The monoisotopic (exact) mass is 281 g/mol. The molecule has 2 aromatic carbocycles. The van der Waals surface area contributed by atoms with Gasteiger partial charge in [0.2, 0.25) is 0 Å². The molecule has 106 valence electrons. The van der Waals surface area contributed by atoms with Crippen molar-refractivity contribution in [1.29, 1.82) is 0 Å². The van der Waals surface area contributed by atoms with E-state index in [0.717, 1.165) is 6.07 Å². The minimum atomic E-state index is -4.41. The van der Waals surface area contributed by atoms with Gasteiger partial charge in [0, 0.05) is 11.3 Å². The molecular weight excluding hydrogens is 267 g/mol. The molecule has 0 aliphatic carbocycles. The number of nitrogens with one attached hydrogen (secondary N) is 1. The normalized spacial score (nSPS) is 13.0. The topological polar surface area (TPSA) is 32.3 Å². The number of alkyl halides is 3. The van der Waals surface area contributed by atoms with E-state index in [1.54, 1.807) is 25.1 Å². The molecule has 1 atom stereocenters. The van der Waals surface area contributed by atoms with Gasteiger partial charge in [0.25, 0.3) is 0 Å². The van der Waals surface area contributed by atoms with Crippen LogP contribution in [0, 0.1) is 0 Å². The second-order valence-electron chi connectivity index (χ2n) is 4.47. The van der Waals surface area contributed by atoms with Crippen molar-refractivity contribution < 1.29 is 18.3 Å². The fourth-order valence-corrected chi connectivity index (χ4v) is 2.02. The van der Waals surface area contributed by atoms with Crippen molar-refractivity contribution in [2.24, 2.45) is 0 Å². The Labute approximate surface area is 114 Å². The van der Waals surface area contributed by atoms with E-state index in [9.17, 15) is 18.3 Å². The van der Waals surface area contributed by atoms with Crippen LogP contribution in [0.4, 0.5) is 18.9 Å². The fraction of sp³-hybridized carbons (Fsp3) is 0.200. The Hall–Kier alpha value is -2.17. The first-order chi connectivity index (χ1) is 9.39. The molecule has 20 heavy (non-hydrogen) atoms. The second kappa shape index (κ2) is 5.45. The van der Waals surface area contributed by atoms with E-state index in [4.69, 9.17) is 0 Å². The van der Waals surface area contributed by atoms with Crippen LogP contribution in [0.3, 0.4) is 0 Å². The minimum absolute atomic E-state index is 0.00393. The van der Waals surface area contributed by atoms with Gasteiger partial charge in [-0.2, -0.15) is 13.2 Å². The van der Waals surface area contributed by atoms with Crippen molar-refractivity contribution in [1.82, 2.24) is 0 Å². The average molecular weight is 281 g/mol. The molecule has 0 spiro atoms. The SMILES string of the molecule is CC(Nc1ccccc1C(F)(F)F)c1ccccc1O. The van der Waals surface area contributed by atoms with E-state index >= 15 is 0 Å².